The normalized spacial score (nSPS) is 14.7. The van der Waals surface area contributed by atoms with Gasteiger partial charge < -0.3 is 44.8 Å². The molecule has 2 aliphatic heterocycles. The molecule has 2 heterocycles. The maximum Gasteiger partial charge on any atom is 0.101 e. The van der Waals surface area contributed by atoms with Gasteiger partial charge in [0, 0.05) is 114 Å². The third-order valence-corrected chi connectivity index (χ3v) is 9.84. The first kappa shape index (κ1) is 67.3. The molecular weight excluding hydrogens is 805 g/mol. The fourth-order valence-corrected chi connectivity index (χ4v) is 5.61. The third-order valence-electron chi connectivity index (χ3n) is 9.84. The SMILES string of the molecule is CC(C)(C)C(=N)N1CCCCC1.CC(C)(C)C(=N)N1CCOCC1.CN(C)C(=N)C(C)(C)C.CN(CCO)C(=N)C(C)(C)C.CN=C(N)C(C)(C)C.COCCN(C)C(=N)C(C)(C)C. The van der Waals surface area contributed by atoms with Gasteiger partial charge in [-0.25, -0.2) is 0 Å². The van der Waals surface area contributed by atoms with Crippen LogP contribution >= 0.6 is 0 Å². The second-order valence-corrected chi connectivity index (χ2v) is 23.0. The van der Waals surface area contributed by atoms with E-state index in [0.717, 1.165) is 57.6 Å². The average Bonchev–Trinajstić information content (AvgIpc) is 3.17. The summed E-state index contributed by atoms with van der Waals surface area (Å²) in [5.41, 5.74) is 5.33. The molecule has 0 aromatic heterocycles. The number of aliphatic hydroxyl groups excluding tert-OH is 1. The molecule has 8 N–H and O–H groups in total. The zero-order valence-electron chi connectivity index (χ0n) is 46.2. The number of methoxy groups -OCH3 is 1. The van der Waals surface area contributed by atoms with Gasteiger partial charge in [0.1, 0.15) is 29.2 Å². The first-order valence-electron chi connectivity index (χ1n) is 23.1. The maximum absolute atomic E-state index is 8.61. The van der Waals surface area contributed by atoms with Crippen molar-refractivity contribution in [1.29, 1.82) is 27.0 Å². The lowest BCUT2D eigenvalue weighted by molar-refractivity contribution is 0.0641. The lowest BCUT2D eigenvalue weighted by Crippen LogP contribution is -2.45. The van der Waals surface area contributed by atoms with Crippen molar-refractivity contribution in [2.45, 2.75) is 144 Å². The van der Waals surface area contributed by atoms with Gasteiger partial charge in [0.2, 0.25) is 0 Å². The average molecular weight is 911 g/mol. The molecule has 0 aliphatic carbocycles. The number of nitrogens with one attached hydrogen (secondary N) is 5. The highest BCUT2D eigenvalue weighted by molar-refractivity contribution is 5.86. The van der Waals surface area contributed by atoms with E-state index in [-0.39, 0.29) is 39.1 Å². The molecule has 0 amide bonds. The summed E-state index contributed by atoms with van der Waals surface area (Å²) in [6.07, 6.45) is 3.87. The van der Waals surface area contributed by atoms with Crippen molar-refractivity contribution in [2.75, 3.05) is 108 Å². The van der Waals surface area contributed by atoms with Gasteiger partial charge in [-0.15, -0.1) is 0 Å². The van der Waals surface area contributed by atoms with Crippen LogP contribution in [0.1, 0.15) is 144 Å². The molecule has 2 fully saturated rings. The molecule has 0 bridgehead atoms. The molecule has 15 heteroatoms. The van der Waals surface area contributed by atoms with Crippen molar-refractivity contribution in [3.8, 4) is 0 Å². The molecule has 0 atom stereocenters. The molecule has 0 saturated carbocycles. The Kier molecular flexibility index (Phi) is 32.4. The monoisotopic (exact) mass is 911 g/mol. The number of likely N-dealkylation sites (tertiary alicyclic amines) is 1. The van der Waals surface area contributed by atoms with Gasteiger partial charge in [0.25, 0.3) is 0 Å². The molecule has 0 unspecified atom stereocenters. The van der Waals surface area contributed by atoms with Crippen molar-refractivity contribution in [3.05, 3.63) is 0 Å². The van der Waals surface area contributed by atoms with E-state index >= 15 is 0 Å². The highest BCUT2D eigenvalue weighted by Crippen LogP contribution is 2.22. The number of aliphatic imine (C=N–C) groups is 1. The minimum absolute atomic E-state index is 0.0104. The summed E-state index contributed by atoms with van der Waals surface area (Å²) in [5.74, 6) is 4.12. The molecule has 0 aromatic rings. The standard InChI is InChI=1S/C10H20N2.C9H18N2O.C9H20N2O.C8H18N2O.C7H16N2.C6H14N2/c1-10(2,3)9(11)12-7-5-4-6-8-12;1-9(2,3)8(10)11-4-6-12-7-5-11;1-9(2,3)8(10)11(4)6-7-12-5;1-8(2,3)7(9)10(4)5-6-11;1-7(2,3)6(8)9(4)5;1-6(2,3)5(7)8-4/h11H,4-8H2,1-3H3;10H,4-7H2,1-3H3;10H,6-7H2,1-5H3;9,11H,5-6H2,1-4H3;8H,1-5H3;1-4H3,(H2,7,8). The summed E-state index contributed by atoms with van der Waals surface area (Å²) in [6.45, 7) is 44.4. The van der Waals surface area contributed by atoms with Crippen molar-refractivity contribution in [2.24, 2.45) is 43.2 Å². The molecule has 380 valence electrons. The molecule has 0 spiro atoms. The number of ether oxygens (including phenoxy) is 2. The van der Waals surface area contributed by atoms with Crippen LogP contribution in [0, 0.1) is 59.5 Å². The van der Waals surface area contributed by atoms with Crippen LogP contribution in [-0.2, 0) is 9.47 Å². The minimum Gasteiger partial charge on any atom is -0.395 e. The van der Waals surface area contributed by atoms with Gasteiger partial charge in [0.05, 0.1) is 32.3 Å². The predicted molar refractivity (Wildman–Crippen MR) is 279 cm³/mol. The summed E-state index contributed by atoms with van der Waals surface area (Å²) in [7, 11) is 10.9. The van der Waals surface area contributed by atoms with Gasteiger partial charge >= 0.3 is 0 Å². The van der Waals surface area contributed by atoms with Crippen LogP contribution in [0.2, 0.25) is 0 Å². The highest BCUT2D eigenvalue weighted by atomic mass is 16.5. The number of hydrogen-bond acceptors (Lipinski definition) is 9. The van der Waals surface area contributed by atoms with Gasteiger partial charge in [-0.3, -0.25) is 32.0 Å². The topological polar surface area (TPSA) is 213 Å². The van der Waals surface area contributed by atoms with E-state index in [9.17, 15) is 0 Å². The van der Waals surface area contributed by atoms with Gasteiger partial charge in [-0.1, -0.05) is 125 Å². The fraction of sp³-hybridized carbons (Fsp3) is 0.878. The van der Waals surface area contributed by atoms with Crippen LogP contribution in [-0.4, -0.2) is 173 Å². The number of nitrogens with two attached hydrogens (primary N) is 1. The van der Waals surface area contributed by atoms with Crippen molar-refractivity contribution in [3.63, 3.8) is 0 Å². The Labute approximate surface area is 395 Å². The summed E-state index contributed by atoms with van der Waals surface area (Å²) < 4.78 is 10.2. The first-order valence-corrected chi connectivity index (χ1v) is 23.1. The lowest BCUT2D eigenvalue weighted by atomic mass is 9.93. The van der Waals surface area contributed by atoms with E-state index in [2.05, 4.69) is 56.3 Å². The van der Waals surface area contributed by atoms with Crippen LogP contribution in [0.4, 0.5) is 0 Å². The lowest BCUT2D eigenvalue weighted by Gasteiger charge is -2.35. The summed E-state index contributed by atoms with van der Waals surface area (Å²) >= 11 is 0. The smallest absolute Gasteiger partial charge is 0.101 e. The molecule has 2 saturated heterocycles. The molecule has 15 nitrogen and oxygen atoms in total. The molecule has 2 rings (SSSR count). The number of rotatable bonds is 5. The van der Waals surface area contributed by atoms with Crippen LogP contribution < -0.4 is 5.73 Å². The number of hydrogen-bond donors (Lipinski definition) is 7. The van der Waals surface area contributed by atoms with Crippen LogP contribution in [0.25, 0.3) is 0 Å². The van der Waals surface area contributed by atoms with E-state index in [4.69, 9.17) is 47.4 Å². The highest BCUT2D eigenvalue weighted by Gasteiger charge is 2.26. The maximum atomic E-state index is 8.61. The first-order chi connectivity index (χ1) is 28.7. The summed E-state index contributed by atoms with van der Waals surface area (Å²) in [5, 5.41) is 47.5. The number of nitrogens with zero attached hydrogens (tertiary/aromatic N) is 6. The zero-order valence-corrected chi connectivity index (χ0v) is 46.2. The second kappa shape index (κ2) is 30.8. The molecule has 0 aromatic carbocycles. The quantitative estimate of drug-likeness (QED) is 0.103. The van der Waals surface area contributed by atoms with Crippen LogP contribution in [0.3, 0.4) is 0 Å². The van der Waals surface area contributed by atoms with Crippen molar-refractivity contribution < 1.29 is 14.6 Å². The Bertz CT molecular complexity index is 1320. The summed E-state index contributed by atoms with van der Waals surface area (Å²) in [6, 6.07) is 0. The van der Waals surface area contributed by atoms with E-state index in [1.807, 2.05) is 121 Å². The number of piperidine rings is 1. The van der Waals surface area contributed by atoms with Crippen molar-refractivity contribution >= 4 is 35.0 Å². The fourth-order valence-electron chi connectivity index (χ4n) is 5.61. The Morgan fingerprint density at radius 2 is 0.906 bits per heavy atom. The van der Waals surface area contributed by atoms with E-state index < -0.39 is 0 Å². The van der Waals surface area contributed by atoms with Gasteiger partial charge in [0.15, 0.2) is 0 Å². The molecular formula is C49H106N12O3. The largest absolute Gasteiger partial charge is 0.395 e. The second-order valence-electron chi connectivity index (χ2n) is 23.0. The Morgan fingerprint density at radius 1 is 0.562 bits per heavy atom. The molecule has 0 radical (unpaired) electrons. The number of aliphatic hydroxyl groups is 1. The number of amidine groups is 6. The molecule has 2 aliphatic rings. The molecule has 64 heavy (non-hydrogen) atoms. The zero-order chi connectivity index (χ0) is 51.7. The third kappa shape index (κ3) is 32.4. The minimum atomic E-state index is -0.121. The predicted octanol–water partition coefficient (Wildman–Crippen LogP) is 8.95. The van der Waals surface area contributed by atoms with Crippen LogP contribution in [0.5, 0.6) is 0 Å². The Balaban J connectivity index is -0.000000340. The number of morpholine rings is 1. The van der Waals surface area contributed by atoms with Gasteiger partial charge in [-0.2, -0.15) is 0 Å². The Hall–Kier alpha value is -3.30. The van der Waals surface area contributed by atoms with Crippen LogP contribution in [0.15, 0.2) is 4.99 Å². The number of likely N-dealkylation sites (N-methyl/N-ethyl adjacent to an activating group) is 2. The Morgan fingerprint density at radius 3 is 1.14 bits per heavy atom. The van der Waals surface area contributed by atoms with Crippen molar-refractivity contribution in [1.82, 2.24) is 24.5 Å². The summed E-state index contributed by atoms with van der Waals surface area (Å²) in [4.78, 5) is 13.7. The van der Waals surface area contributed by atoms with E-state index in [1.165, 1.54) is 19.3 Å². The van der Waals surface area contributed by atoms with E-state index in [1.54, 1.807) is 19.1 Å². The van der Waals surface area contributed by atoms with E-state index in [0.29, 0.717) is 36.5 Å². The van der Waals surface area contributed by atoms with Gasteiger partial charge in [-0.05, 0) is 19.3 Å².